The quantitative estimate of drug-likeness (QED) is 0.740. The highest BCUT2D eigenvalue weighted by molar-refractivity contribution is 5.99. The van der Waals surface area contributed by atoms with Crippen LogP contribution < -0.4 is 15.8 Å². The molecule has 1 aromatic carbocycles. The molecule has 3 N–H and O–H groups in total. The van der Waals surface area contributed by atoms with Crippen molar-refractivity contribution in [1.29, 1.82) is 0 Å². The van der Waals surface area contributed by atoms with Crippen LogP contribution in [0.5, 0.6) is 5.75 Å². The summed E-state index contributed by atoms with van der Waals surface area (Å²) in [5.41, 5.74) is 1.88. The van der Waals surface area contributed by atoms with Gasteiger partial charge in [0.15, 0.2) is 0 Å². The van der Waals surface area contributed by atoms with E-state index in [1.165, 1.54) is 4.90 Å². The number of alkyl halides is 3. The molecule has 1 aliphatic rings. The Morgan fingerprint density at radius 3 is 2.16 bits per heavy atom. The van der Waals surface area contributed by atoms with E-state index in [0.717, 1.165) is 19.2 Å². The van der Waals surface area contributed by atoms with Crippen LogP contribution in [0.1, 0.15) is 49.5 Å². The summed E-state index contributed by atoms with van der Waals surface area (Å²) in [4.78, 5) is 38.4. The van der Waals surface area contributed by atoms with Crippen molar-refractivity contribution in [1.82, 2.24) is 10.2 Å². The first-order valence-electron chi connectivity index (χ1n) is 9.54. The number of carbonyl (C=O) groups is 3. The number of nitrogens with two attached hydrogens (primary N) is 1. The van der Waals surface area contributed by atoms with Gasteiger partial charge < -0.3 is 25.4 Å². The molecule has 1 aliphatic heterocycles. The van der Waals surface area contributed by atoms with Gasteiger partial charge in [-0.1, -0.05) is 0 Å². The first-order valence-corrected chi connectivity index (χ1v) is 9.54. The molecule has 2 rings (SSSR count). The lowest BCUT2D eigenvalue weighted by Gasteiger charge is -2.40. The van der Waals surface area contributed by atoms with Crippen LogP contribution in [0.25, 0.3) is 0 Å². The lowest BCUT2D eigenvalue weighted by molar-refractivity contribution is -0.138. The summed E-state index contributed by atoms with van der Waals surface area (Å²) in [5, 5.41) is 2.47. The molecule has 1 fully saturated rings. The minimum absolute atomic E-state index is 0.00437. The molecule has 1 saturated heterocycles. The molecule has 0 aliphatic carbocycles. The van der Waals surface area contributed by atoms with E-state index in [1.54, 1.807) is 20.8 Å². The molecule has 172 valence electrons. The Morgan fingerprint density at radius 1 is 1.13 bits per heavy atom. The number of methoxy groups -OCH3 is 1. The van der Waals surface area contributed by atoms with Crippen LogP contribution in [0, 0.1) is 0 Å². The van der Waals surface area contributed by atoms with E-state index < -0.39 is 46.5 Å². The Hall–Kier alpha value is -2.98. The fourth-order valence-electron chi connectivity index (χ4n) is 3.19. The van der Waals surface area contributed by atoms with Crippen molar-refractivity contribution < 1.29 is 37.0 Å². The average molecular weight is 445 g/mol. The Morgan fingerprint density at radius 2 is 1.71 bits per heavy atom. The SMILES string of the molecule is COc1ccc(C(=O)NC2(C(N)=O)CCN(C(=O)OC(C)(C)C)CC2)cc1C(F)(F)F. The first kappa shape index (κ1) is 24.3. The fourth-order valence-corrected chi connectivity index (χ4v) is 3.19. The Bertz CT molecular complexity index is 857. The molecule has 0 aromatic heterocycles. The van der Waals surface area contributed by atoms with Crippen molar-refractivity contribution in [2.24, 2.45) is 5.73 Å². The number of nitrogens with zero attached hydrogens (tertiary/aromatic N) is 1. The van der Waals surface area contributed by atoms with Crippen LogP contribution >= 0.6 is 0 Å². The van der Waals surface area contributed by atoms with Crippen molar-refractivity contribution >= 4 is 17.9 Å². The Balaban J connectivity index is 2.19. The van der Waals surface area contributed by atoms with Crippen molar-refractivity contribution in [3.05, 3.63) is 29.3 Å². The van der Waals surface area contributed by atoms with Crippen LogP contribution in [0.4, 0.5) is 18.0 Å². The number of likely N-dealkylation sites (tertiary alicyclic amines) is 1. The molecule has 0 spiro atoms. The maximum atomic E-state index is 13.2. The molecule has 1 aromatic rings. The predicted octanol–water partition coefficient (Wildman–Crippen LogP) is 2.70. The molecule has 3 amide bonds. The molecular formula is C20H26F3N3O5. The largest absolute Gasteiger partial charge is 0.496 e. The monoisotopic (exact) mass is 445 g/mol. The third-order valence-corrected chi connectivity index (χ3v) is 4.86. The van der Waals surface area contributed by atoms with E-state index in [0.29, 0.717) is 6.07 Å². The van der Waals surface area contributed by atoms with Gasteiger partial charge >= 0.3 is 12.3 Å². The number of hydrogen-bond acceptors (Lipinski definition) is 5. The maximum Gasteiger partial charge on any atom is 0.419 e. The number of carbonyl (C=O) groups excluding carboxylic acids is 3. The first-order chi connectivity index (χ1) is 14.2. The zero-order chi connectivity index (χ0) is 23.6. The summed E-state index contributed by atoms with van der Waals surface area (Å²) in [6.07, 6.45) is -5.31. The molecule has 1 heterocycles. The van der Waals surface area contributed by atoms with Gasteiger partial charge in [-0.05, 0) is 51.8 Å². The van der Waals surface area contributed by atoms with Crippen molar-refractivity contribution in [2.75, 3.05) is 20.2 Å². The van der Waals surface area contributed by atoms with Gasteiger partial charge in [0.2, 0.25) is 5.91 Å². The van der Waals surface area contributed by atoms with Crippen molar-refractivity contribution in [3.63, 3.8) is 0 Å². The summed E-state index contributed by atoms with van der Waals surface area (Å²) in [6.45, 7) is 5.30. The van der Waals surface area contributed by atoms with Crippen LogP contribution in [-0.4, -0.2) is 54.1 Å². The molecule has 0 bridgehead atoms. The zero-order valence-electron chi connectivity index (χ0n) is 17.8. The van der Waals surface area contributed by atoms with Gasteiger partial charge in [-0.3, -0.25) is 9.59 Å². The normalized spacial score (nSPS) is 16.4. The second kappa shape index (κ2) is 8.64. The third kappa shape index (κ3) is 5.80. The molecule has 11 heteroatoms. The van der Waals surface area contributed by atoms with Gasteiger partial charge in [-0.2, -0.15) is 13.2 Å². The number of primary amides is 1. The highest BCUT2D eigenvalue weighted by atomic mass is 19.4. The van der Waals surface area contributed by atoms with Gasteiger partial charge in [0.1, 0.15) is 16.9 Å². The number of benzene rings is 1. The van der Waals surface area contributed by atoms with E-state index in [2.05, 4.69) is 5.32 Å². The minimum atomic E-state index is -4.73. The topological polar surface area (TPSA) is 111 Å². The van der Waals surface area contributed by atoms with Crippen LogP contribution in [0.2, 0.25) is 0 Å². The maximum absolute atomic E-state index is 13.2. The zero-order valence-corrected chi connectivity index (χ0v) is 17.8. The van der Waals surface area contributed by atoms with E-state index in [1.807, 2.05) is 0 Å². The highest BCUT2D eigenvalue weighted by Crippen LogP contribution is 2.37. The van der Waals surface area contributed by atoms with Gasteiger partial charge in [0.05, 0.1) is 12.7 Å². The Labute approximate surface area is 177 Å². The number of hydrogen-bond donors (Lipinski definition) is 2. The number of piperidine rings is 1. The van der Waals surface area contributed by atoms with E-state index in [-0.39, 0.29) is 31.5 Å². The number of amides is 3. The standard InChI is InChI=1S/C20H26F3N3O5/c1-18(2,3)31-17(29)26-9-7-19(8-10-26,16(24)28)25-15(27)12-5-6-14(30-4)13(11-12)20(21,22)23/h5-6,11H,7-10H2,1-4H3,(H2,24,28)(H,25,27). The lowest BCUT2D eigenvalue weighted by Crippen LogP contribution is -2.63. The summed E-state index contributed by atoms with van der Waals surface area (Å²) < 4.78 is 49.7. The smallest absolute Gasteiger partial charge is 0.419 e. The predicted molar refractivity (Wildman–Crippen MR) is 104 cm³/mol. The van der Waals surface area contributed by atoms with E-state index in [9.17, 15) is 27.6 Å². The lowest BCUT2D eigenvalue weighted by atomic mass is 9.86. The van der Waals surface area contributed by atoms with E-state index in [4.69, 9.17) is 15.2 Å². The fraction of sp³-hybridized carbons (Fsp3) is 0.550. The van der Waals surface area contributed by atoms with Crippen LogP contribution in [0.3, 0.4) is 0 Å². The van der Waals surface area contributed by atoms with Gasteiger partial charge in [-0.25, -0.2) is 4.79 Å². The van der Waals surface area contributed by atoms with Gasteiger partial charge in [0, 0.05) is 18.7 Å². The summed E-state index contributed by atoms with van der Waals surface area (Å²) in [6, 6.07) is 2.84. The van der Waals surface area contributed by atoms with Gasteiger partial charge in [0.25, 0.3) is 5.91 Å². The molecular weight excluding hydrogens is 419 g/mol. The number of ether oxygens (including phenoxy) is 2. The second-order valence-electron chi connectivity index (χ2n) is 8.28. The molecule has 0 saturated carbocycles. The molecule has 8 nitrogen and oxygen atoms in total. The van der Waals surface area contributed by atoms with Crippen molar-refractivity contribution in [2.45, 2.75) is 50.9 Å². The van der Waals surface area contributed by atoms with Crippen molar-refractivity contribution in [3.8, 4) is 5.75 Å². The van der Waals surface area contributed by atoms with E-state index >= 15 is 0 Å². The number of rotatable bonds is 4. The number of halogens is 3. The number of nitrogens with one attached hydrogen (secondary N) is 1. The molecule has 31 heavy (non-hydrogen) atoms. The highest BCUT2D eigenvalue weighted by Gasteiger charge is 2.43. The summed E-state index contributed by atoms with van der Waals surface area (Å²) in [5.74, 6) is -2.16. The molecule has 0 radical (unpaired) electrons. The minimum Gasteiger partial charge on any atom is -0.496 e. The van der Waals surface area contributed by atoms with Crippen LogP contribution in [-0.2, 0) is 15.7 Å². The van der Waals surface area contributed by atoms with Crippen LogP contribution in [0.15, 0.2) is 18.2 Å². The van der Waals surface area contributed by atoms with Gasteiger partial charge in [-0.15, -0.1) is 0 Å². The summed E-state index contributed by atoms with van der Waals surface area (Å²) >= 11 is 0. The Kier molecular flexibility index (Phi) is 6.77. The summed E-state index contributed by atoms with van der Waals surface area (Å²) in [7, 11) is 1.09. The average Bonchev–Trinajstić information content (AvgIpc) is 2.65. The molecule has 0 unspecified atom stereocenters. The molecule has 0 atom stereocenters. The third-order valence-electron chi connectivity index (χ3n) is 4.86. The second-order valence-corrected chi connectivity index (χ2v) is 8.28.